The number of hydrogen-bond acceptors (Lipinski definition) is 5. The van der Waals surface area contributed by atoms with Crippen molar-refractivity contribution in [2.75, 3.05) is 0 Å². The zero-order valence-electron chi connectivity index (χ0n) is 19.7. The zero-order valence-corrected chi connectivity index (χ0v) is 13.7. The standard InChI is InChI=1S/C19H22O5/c1-10-7-14(23-17(10)20)22-9-13-12-8-11-5-4-6-19(2,3)15(11)16(12)24-18(13)21/h7,9,12,14,16H,4-6,8H2,1-3H3/b13-9+/t12-,14-,16+/m1/s1/i5D2,8D2,9D,12D. The summed E-state index contributed by atoms with van der Waals surface area (Å²) in [6.07, 6.45) is -6.35. The summed E-state index contributed by atoms with van der Waals surface area (Å²) >= 11 is 0. The van der Waals surface area contributed by atoms with E-state index in [1.165, 1.54) is 13.0 Å². The van der Waals surface area contributed by atoms with Gasteiger partial charge in [0.15, 0.2) is 0 Å². The molecule has 2 heterocycles. The van der Waals surface area contributed by atoms with Crippen LogP contribution in [0.5, 0.6) is 0 Å². The van der Waals surface area contributed by atoms with Crippen molar-refractivity contribution in [1.82, 2.24) is 0 Å². The van der Waals surface area contributed by atoms with Gasteiger partial charge in [-0.1, -0.05) is 19.4 Å². The second kappa shape index (κ2) is 5.23. The van der Waals surface area contributed by atoms with Crippen LogP contribution in [-0.4, -0.2) is 24.3 Å². The molecule has 3 atom stereocenters. The Hall–Kier alpha value is -2.04. The molecule has 5 heteroatoms. The molecule has 4 rings (SSSR count). The molecule has 0 unspecified atom stereocenters. The third-order valence-corrected chi connectivity index (χ3v) is 4.74. The first-order valence-corrected chi connectivity index (χ1v) is 7.88. The molecular weight excluding hydrogens is 308 g/mol. The minimum atomic E-state index is -2.62. The van der Waals surface area contributed by atoms with Gasteiger partial charge in [0.25, 0.3) is 6.29 Å². The first-order valence-electron chi connectivity index (χ1n) is 10.9. The largest absolute Gasteiger partial charge is 0.458 e. The monoisotopic (exact) mass is 336 g/mol. The quantitative estimate of drug-likeness (QED) is 0.335. The lowest BCUT2D eigenvalue weighted by Crippen LogP contribution is -2.27. The molecule has 0 aromatic carbocycles. The van der Waals surface area contributed by atoms with Gasteiger partial charge in [-0.2, -0.15) is 0 Å². The number of ether oxygens (including phenoxy) is 3. The highest BCUT2D eigenvalue weighted by Gasteiger charge is 2.52. The van der Waals surface area contributed by atoms with Crippen molar-refractivity contribution in [3.05, 3.63) is 34.6 Å². The number of rotatable bonds is 2. The fraction of sp³-hybridized carbons (Fsp3) is 0.579. The Kier molecular flexibility index (Phi) is 2.19. The normalized spacial score (nSPS) is 46.9. The lowest BCUT2D eigenvalue weighted by Gasteiger charge is -2.34. The van der Waals surface area contributed by atoms with E-state index in [4.69, 9.17) is 22.4 Å². The number of hydrogen-bond donors (Lipinski definition) is 0. The van der Waals surface area contributed by atoms with Crippen molar-refractivity contribution in [2.24, 2.45) is 11.3 Å². The van der Waals surface area contributed by atoms with E-state index in [0.717, 1.165) is 0 Å². The molecule has 0 bridgehead atoms. The van der Waals surface area contributed by atoms with Gasteiger partial charge in [0.2, 0.25) is 0 Å². The third kappa shape index (κ3) is 2.29. The Morgan fingerprint density at radius 2 is 2.21 bits per heavy atom. The summed E-state index contributed by atoms with van der Waals surface area (Å²) in [7, 11) is 0. The van der Waals surface area contributed by atoms with Crippen LogP contribution in [0.15, 0.2) is 34.6 Å². The van der Waals surface area contributed by atoms with Crippen molar-refractivity contribution in [3.8, 4) is 0 Å². The molecule has 24 heavy (non-hydrogen) atoms. The number of esters is 2. The van der Waals surface area contributed by atoms with E-state index in [9.17, 15) is 9.59 Å². The number of allylic oxidation sites excluding steroid dienone is 1. The highest BCUT2D eigenvalue weighted by Crippen LogP contribution is 2.54. The fourth-order valence-corrected chi connectivity index (χ4v) is 3.37. The number of carbonyl (C=O) groups is 2. The van der Waals surface area contributed by atoms with E-state index in [-0.39, 0.29) is 23.1 Å². The number of cyclic esters (lactones) is 1. The summed E-state index contributed by atoms with van der Waals surface area (Å²) in [6, 6.07) is 0. The van der Waals surface area contributed by atoms with Crippen LogP contribution < -0.4 is 0 Å². The predicted octanol–water partition coefficient (Wildman–Crippen LogP) is 3.17. The maximum atomic E-state index is 12.7. The second-order valence-electron chi connectivity index (χ2n) is 6.89. The van der Waals surface area contributed by atoms with Crippen molar-refractivity contribution in [1.29, 1.82) is 0 Å². The van der Waals surface area contributed by atoms with Crippen LogP contribution in [0.4, 0.5) is 0 Å². The molecule has 0 saturated carbocycles. The molecule has 2 aliphatic carbocycles. The smallest absolute Gasteiger partial charge is 0.338 e. The highest BCUT2D eigenvalue weighted by molar-refractivity contribution is 5.92. The average Bonchev–Trinajstić information content (AvgIpc) is 3.11. The van der Waals surface area contributed by atoms with Gasteiger partial charge < -0.3 is 14.2 Å². The van der Waals surface area contributed by atoms with Crippen LogP contribution in [0.25, 0.3) is 0 Å². The summed E-state index contributed by atoms with van der Waals surface area (Å²) in [6.45, 7) is 5.10. The SMILES string of the molecule is [2H]/C(O[C@H]1C=C(C)C(=O)O1)=C1\C(=O)O[C@@H]2C3=C(C([2H])([2H])CCC3(C)C)C([2H])([2H])[C@]12[2H]. The van der Waals surface area contributed by atoms with Crippen LogP contribution >= 0.6 is 0 Å². The molecule has 128 valence electrons. The number of fused-ring (bicyclic) bond motifs is 2. The van der Waals surface area contributed by atoms with Crippen molar-refractivity contribution in [2.45, 2.75) is 58.8 Å². The Balaban J connectivity index is 1.84. The fourth-order valence-electron chi connectivity index (χ4n) is 3.37. The molecular formula is C19H22O5. The van der Waals surface area contributed by atoms with Gasteiger partial charge in [-0.05, 0) is 43.5 Å². The van der Waals surface area contributed by atoms with Crippen LogP contribution in [0, 0.1) is 11.3 Å². The van der Waals surface area contributed by atoms with E-state index in [1.807, 2.05) is 0 Å². The molecule has 0 aromatic heterocycles. The van der Waals surface area contributed by atoms with Crippen molar-refractivity contribution in [3.63, 3.8) is 0 Å². The molecule has 0 radical (unpaired) electrons. The van der Waals surface area contributed by atoms with Crippen LogP contribution in [-0.2, 0) is 23.8 Å². The first kappa shape index (κ1) is 10.1. The van der Waals surface area contributed by atoms with E-state index >= 15 is 0 Å². The molecule has 5 nitrogen and oxygen atoms in total. The minimum Gasteiger partial charge on any atom is -0.458 e. The molecule has 0 N–H and O–H groups in total. The predicted molar refractivity (Wildman–Crippen MR) is 85.5 cm³/mol. The summed E-state index contributed by atoms with van der Waals surface area (Å²) in [5.74, 6) is -4.11. The van der Waals surface area contributed by atoms with E-state index in [1.54, 1.807) is 13.8 Å². The van der Waals surface area contributed by atoms with Gasteiger partial charge in [-0.25, -0.2) is 9.59 Å². The summed E-state index contributed by atoms with van der Waals surface area (Å²) in [4.78, 5) is 24.2. The minimum absolute atomic E-state index is 0.0699. The average molecular weight is 336 g/mol. The summed E-state index contributed by atoms with van der Waals surface area (Å²) in [5, 5.41) is 0. The Bertz CT molecular complexity index is 962. The molecule has 0 amide bonds. The van der Waals surface area contributed by atoms with Gasteiger partial charge in [0.05, 0.1) is 11.8 Å². The Morgan fingerprint density at radius 3 is 2.92 bits per heavy atom. The van der Waals surface area contributed by atoms with E-state index in [2.05, 4.69) is 0 Å². The zero-order chi connectivity index (χ0) is 22.4. The maximum absolute atomic E-state index is 12.7. The second-order valence-corrected chi connectivity index (χ2v) is 6.89. The van der Waals surface area contributed by atoms with Crippen molar-refractivity contribution >= 4 is 11.9 Å². The van der Waals surface area contributed by atoms with E-state index in [0.29, 0.717) is 6.42 Å². The van der Waals surface area contributed by atoms with Crippen LogP contribution in [0.3, 0.4) is 0 Å². The Morgan fingerprint density at radius 1 is 1.42 bits per heavy atom. The van der Waals surface area contributed by atoms with Gasteiger partial charge >= 0.3 is 11.9 Å². The lowest BCUT2D eigenvalue weighted by molar-refractivity contribution is -0.152. The summed E-state index contributed by atoms with van der Waals surface area (Å²) in [5.41, 5.74) is -1.01. The molecule has 0 spiro atoms. The highest BCUT2D eigenvalue weighted by atomic mass is 16.7. The van der Waals surface area contributed by atoms with E-state index < -0.39 is 60.2 Å². The number of carbonyl (C=O) groups excluding carboxylic acids is 2. The van der Waals surface area contributed by atoms with Gasteiger partial charge in [-0.15, -0.1) is 0 Å². The molecule has 1 saturated heterocycles. The molecule has 1 fully saturated rings. The third-order valence-electron chi connectivity index (χ3n) is 4.74. The van der Waals surface area contributed by atoms with Crippen LogP contribution in [0.1, 0.15) is 54.6 Å². The lowest BCUT2D eigenvalue weighted by atomic mass is 9.72. The van der Waals surface area contributed by atoms with Crippen molar-refractivity contribution < 1.29 is 32.0 Å². The van der Waals surface area contributed by atoms with Crippen LogP contribution in [0.2, 0.25) is 0 Å². The first-order chi connectivity index (χ1) is 13.6. The Labute approximate surface area is 149 Å². The van der Waals surface area contributed by atoms with Gasteiger partial charge in [0, 0.05) is 24.4 Å². The molecule has 0 aromatic rings. The van der Waals surface area contributed by atoms with Gasteiger partial charge in [0.1, 0.15) is 7.47 Å². The maximum Gasteiger partial charge on any atom is 0.338 e. The summed E-state index contributed by atoms with van der Waals surface area (Å²) < 4.78 is 67.0. The molecule has 4 aliphatic rings. The topological polar surface area (TPSA) is 61.8 Å². The van der Waals surface area contributed by atoms with Gasteiger partial charge in [-0.3, -0.25) is 0 Å². The molecule has 2 aliphatic heterocycles.